The molecular formula is C16H12ClF2NO. The zero-order valence-electron chi connectivity index (χ0n) is 11.2. The molecule has 0 aliphatic carbocycles. The molecule has 3 rings (SSSR count). The molecule has 1 N–H and O–H groups in total. The summed E-state index contributed by atoms with van der Waals surface area (Å²) in [7, 11) is 1.68. The molecule has 0 bridgehead atoms. The summed E-state index contributed by atoms with van der Waals surface area (Å²) in [6.45, 7) is 0. The van der Waals surface area contributed by atoms with Crippen LogP contribution in [-0.4, -0.2) is 7.05 Å². The number of nitrogens with one attached hydrogen (secondary N) is 1. The van der Waals surface area contributed by atoms with Gasteiger partial charge in [0, 0.05) is 16.0 Å². The molecule has 0 spiro atoms. The third-order valence-electron chi connectivity index (χ3n) is 3.36. The van der Waals surface area contributed by atoms with Crippen LogP contribution in [0.15, 0.2) is 46.9 Å². The normalized spacial score (nSPS) is 12.8. The topological polar surface area (TPSA) is 25.2 Å². The number of halogens is 3. The van der Waals surface area contributed by atoms with Crippen LogP contribution in [0.3, 0.4) is 0 Å². The van der Waals surface area contributed by atoms with Crippen LogP contribution >= 0.6 is 11.6 Å². The molecule has 0 amide bonds. The van der Waals surface area contributed by atoms with Gasteiger partial charge in [-0.1, -0.05) is 17.7 Å². The number of rotatable bonds is 3. The lowest BCUT2D eigenvalue weighted by Crippen LogP contribution is -2.18. The Labute approximate surface area is 125 Å². The highest BCUT2D eigenvalue weighted by atomic mass is 35.5. The minimum absolute atomic E-state index is 0.306. The maximum absolute atomic E-state index is 14.1. The lowest BCUT2D eigenvalue weighted by molar-refractivity contribution is 0.476. The second kappa shape index (κ2) is 5.47. The van der Waals surface area contributed by atoms with Gasteiger partial charge in [-0.3, -0.25) is 0 Å². The Morgan fingerprint density at radius 3 is 2.67 bits per heavy atom. The van der Waals surface area contributed by atoms with Crippen LogP contribution in [0.4, 0.5) is 8.78 Å². The van der Waals surface area contributed by atoms with Gasteiger partial charge >= 0.3 is 0 Å². The zero-order chi connectivity index (χ0) is 15.0. The van der Waals surface area contributed by atoms with Gasteiger partial charge in [-0.25, -0.2) is 8.78 Å². The van der Waals surface area contributed by atoms with Gasteiger partial charge in [-0.15, -0.1) is 0 Å². The first-order valence-electron chi connectivity index (χ1n) is 6.40. The Morgan fingerprint density at radius 1 is 1.14 bits per heavy atom. The van der Waals surface area contributed by atoms with Crippen molar-refractivity contribution in [1.82, 2.24) is 5.32 Å². The molecular weight excluding hydrogens is 296 g/mol. The maximum atomic E-state index is 14.1. The van der Waals surface area contributed by atoms with Crippen LogP contribution in [0.5, 0.6) is 0 Å². The van der Waals surface area contributed by atoms with Gasteiger partial charge in [0.1, 0.15) is 23.0 Å². The first kappa shape index (κ1) is 14.0. The second-order valence-electron chi connectivity index (χ2n) is 4.69. The van der Waals surface area contributed by atoms with Crippen molar-refractivity contribution in [2.24, 2.45) is 0 Å². The van der Waals surface area contributed by atoms with Gasteiger partial charge < -0.3 is 9.73 Å². The van der Waals surface area contributed by atoms with E-state index in [4.69, 9.17) is 16.0 Å². The Balaban J connectivity index is 2.14. The zero-order valence-corrected chi connectivity index (χ0v) is 11.9. The lowest BCUT2D eigenvalue weighted by atomic mass is 10.0. The molecule has 108 valence electrons. The van der Waals surface area contributed by atoms with Gasteiger partial charge in [-0.2, -0.15) is 0 Å². The van der Waals surface area contributed by atoms with Crippen molar-refractivity contribution in [1.29, 1.82) is 0 Å². The Kier molecular flexibility index (Phi) is 3.66. The third-order valence-corrected chi connectivity index (χ3v) is 3.69. The van der Waals surface area contributed by atoms with Crippen LogP contribution in [-0.2, 0) is 0 Å². The minimum atomic E-state index is -0.547. The summed E-state index contributed by atoms with van der Waals surface area (Å²) in [5.41, 5.74) is 0.848. The van der Waals surface area contributed by atoms with E-state index in [9.17, 15) is 8.78 Å². The van der Waals surface area contributed by atoms with Gasteiger partial charge in [-0.05, 0) is 43.4 Å². The van der Waals surface area contributed by atoms with E-state index in [1.54, 1.807) is 31.3 Å². The number of hydrogen-bond donors (Lipinski definition) is 1. The monoisotopic (exact) mass is 307 g/mol. The second-order valence-corrected chi connectivity index (χ2v) is 5.10. The SMILES string of the molecule is CNC(c1cc2cc(F)ccc2o1)c1c(F)cccc1Cl. The third kappa shape index (κ3) is 2.52. The summed E-state index contributed by atoms with van der Waals surface area (Å²) in [5, 5.41) is 3.91. The fourth-order valence-electron chi connectivity index (χ4n) is 2.39. The summed E-state index contributed by atoms with van der Waals surface area (Å²) < 4.78 is 33.0. The average molecular weight is 308 g/mol. The fourth-order valence-corrected chi connectivity index (χ4v) is 2.66. The summed E-state index contributed by atoms with van der Waals surface area (Å²) in [6.07, 6.45) is 0. The molecule has 0 saturated heterocycles. The van der Waals surface area contributed by atoms with E-state index >= 15 is 0 Å². The number of benzene rings is 2. The van der Waals surface area contributed by atoms with E-state index in [1.807, 2.05) is 0 Å². The van der Waals surface area contributed by atoms with Crippen molar-refractivity contribution >= 4 is 22.6 Å². The predicted octanol–water partition coefficient (Wildman–Crippen LogP) is 4.67. The van der Waals surface area contributed by atoms with Crippen molar-refractivity contribution in [3.8, 4) is 0 Å². The van der Waals surface area contributed by atoms with E-state index in [1.165, 1.54) is 18.2 Å². The van der Waals surface area contributed by atoms with Gasteiger partial charge in [0.05, 0.1) is 6.04 Å². The minimum Gasteiger partial charge on any atom is -0.459 e. The molecule has 0 aliphatic rings. The summed E-state index contributed by atoms with van der Waals surface area (Å²) in [6, 6.07) is 9.88. The number of furan rings is 1. The Hall–Kier alpha value is -1.91. The molecule has 3 aromatic rings. The molecule has 1 atom stereocenters. The first-order chi connectivity index (χ1) is 10.1. The maximum Gasteiger partial charge on any atom is 0.134 e. The van der Waals surface area contributed by atoms with Gasteiger partial charge in [0.15, 0.2) is 0 Å². The van der Waals surface area contributed by atoms with Crippen molar-refractivity contribution in [2.75, 3.05) is 7.05 Å². The molecule has 0 fully saturated rings. The van der Waals surface area contributed by atoms with Crippen molar-refractivity contribution < 1.29 is 13.2 Å². The molecule has 0 radical (unpaired) electrons. The van der Waals surface area contributed by atoms with Gasteiger partial charge in [0.25, 0.3) is 0 Å². The first-order valence-corrected chi connectivity index (χ1v) is 6.78. The fraction of sp³-hybridized carbons (Fsp3) is 0.125. The van der Waals surface area contributed by atoms with Crippen molar-refractivity contribution in [2.45, 2.75) is 6.04 Å². The highest BCUT2D eigenvalue weighted by Gasteiger charge is 2.22. The largest absolute Gasteiger partial charge is 0.459 e. The Bertz CT molecular complexity index is 780. The van der Waals surface area contributed by atoms with E-state index in [-0.39, 0.29) is 5.82 Å². The smallest absolute Gasteiger partial charge is 0.134 e. The van der Waals surface area contributed by atoms with Crippen LogP contribution in [0.1, 0.15) is 17.4 Å². The lowest BCUT2D eigenvalue weighted by Gasteiger charge is -2.16. The molecule has 21 heavy (non-hydrogen) atoms. The molecule has 1 unspecified atom stereocenters. The van der Waals surface area contributed by atoms with Gasteiger partial charge in [0.2, 0.25) is 0 Å². The summed E-state index contributed by atoms with van der Waals surface area (Å²) in [4.78, 5) is 0. The molecule has 2 nitrogen and oxygen atoms in total. The van der Waals surface area contributed by atoms with Crippen molar-refractivity contribution in [3.63, 3.8) is 0 Å². The van der Waals surface area contributed by atoms with Crippen LogP contribution in [0, 0.1) is 11.6 Å². The molecule has 1 heterocycles. The van der Waals surface area contributed by atoms with Crippen LogP contribution in [0.25, 0.3) is 11.0 Å². The van der Waals surface area contributed by atoms with E-state index in [0.29, 0.717) is 27.3 Å². The van der Waals surface area contributed by atoms with E-state index < -0.39 is 11.9 Å². The number of fused-ring (bicyclic) bond motifs is 1. The highest BCUT2D eigenvalue weighted by Crippen LogP contribution is 2.33. The van der Waals surface area contributed by atoms with E-state index in [2.05, 4.69) is 5.32 Å². The predicted molar refractivity (Wildman–Crippen MR) is 78.5 cm³/mol. The quantitative estimate of drug-likeness (QED) is 0.760. The molecule has 0 aliphatic heterocycles. The summed E-state index contributed by atoms with van der Waals surface area (Å²) in [5.74, 6) is -0.293. The molecule has 5 heteroatoms. The molecule has 0 saturated carbocycles. The molecule has 1 aromatic heterocycles. The summed E-state index contributed by atoms with van der Waals surface area (Å²) >= 11 is 6.10. The van der Waals surface area contributed by atoms with Crippen LogP contribution in [0.2, 0.25) is 5.02 Å². The highest BCUT2D eigenvalue weighted by molar-refractivity contribution is 6.31. The standard InChI is InChI=1S/C16H12ClF2NO/c1-20-16(15-11(17)3-2-4-12(15)19)14-8-9-7-10(18)5-6-13(9)21-14/h2-8,16,20H,1H3. The van der Waals surface area contributed by atoms with E-state index in [0.717, 1.165) is 0 Å². The number of hydrogen-bond acceptors (Lipinski definition) is 2. The Morgan fingerprint density at radius 2 is 1.95 bits per heavy atom. The molecule has 2 aromatic carbocycles. The van der Waals surface area contributed by atoms with Crippen LogP contribution < -0.4 is 5.32 Å². The van der Waals surface area contributed by atoms with Crippen molar-refractivity contribution in [3.05, 3.63) is 70.4 Å². The average Bonchev–Trinajstić information content (AvgIpc) is 2.85.